The van der Waals surface area contributed by atoms with Crippen LogP contribution in [0.4, 0.5) is 15.8 Å². The van der Waals surface area contributed by atoms with Gasteiger partial charge in [-0.3, -0.25) is 4.79 Å². The number of rotatable bonds is 5. The van der Waals surface area contributed by atoms with E-state index in [2.05, 4.69) is 26.1 Å². The molecule has 2 aromatic carbocycles. The minimum Gasteiger partial charge on any atom is -0.480 e. The van der Waals surface area contributed by atoms with Gasteiger partial charge in [0.1, 0.15) is 11.6 Å². The fourth-order valence-corrected chi connectivity index (χ4v) is 3.08. The highest BCUT2D eigenvalue weighted by Gasteiger charge is 2.17. The molecule has 0 aliphatic carbocycles. The number of halogens is 2. The number of hydrogen-bond acceptors (Lipinski definition) is 4. The number of anilines is 2. The lowest BCUT2D eigenvalue weighted by Crippen LogP contribution is -2.36. The Bertz CT molecular complexity index is 764. The van der Waals surface area contributed by atoms with Gasteiger partial charge in [0, 0.05) is 24.5 Å². The van der Waals surface area contributed by atoms with Crippen LogP contribution in [0, 0.1) is 5.82 Å². The Morgan fingerprint density at radius 1 is 1.23 bits per heavy atom. The molecule has 3 rings (SSSR count). The van der Waals surface area contributed by atoms with Crippen LogP contribution in [0.25, 0.3) is 0 Å². The summed E-state index contributed by atoms with van der Waals surface area (Å²) in [5.74, 6) is -0.237. The van der Waals surface area contributed by atoms with Gasteiger partial charge in [0.25, 0.3) is 5.91 Å². The van der Waals surface area contributed by atoms with E-state index in [1.807, 2.05) is 24.3 Å². The van der Waals surface area contributed by atoms with Crippen LogP contribution in [-0.2, 0) is 9.53 Å². The summed E-state index contributed by atoms with van der Waals surface area (Å²) in [7, 11) is 0. The maximum atomic E-state index is 13.1. The average Bonchev–Trinajstić information content (AvgIpc) is 2.65. The van der Waals surface area contributed by atoms with Crippen molar-refractivity contribution in [1.29, 1.82) is 0 Å². The molecule has 5 nitrogen and oxygen atoms in total. The Hall–Kier alpha value is -2.12. The minimum absolute atomic E-state index is 0.277. The molecule has 0 aromatic heterocycles. The second-order valence-corrected chi connectivity index (χ2v) is 6.82. The summed E-state index contributed by atoms with van der Waals surface area (Å²) in [5, 5.41) is 2.83. The van der Waals surface area contributed by atoms with Gasteiger partial charge in [-0.05, 0) is 65.3 Å². The molecule has 1 fully saturated rings. The molecule has 1 aliphatic heterocycles. The molecule has 1 saturated heterocycles. The third-order valence-corrected chi connectivity index (χ3v) is 4.70. The summed E-state index contributed by atoms with van der Waals surface area (Å²) in [5.41, 5.74) is 1.80. The number of morpholine rings is 1. The number of ether oxygens (including phenoxy) is 2. The number of benzene rings is 2. The number of carbonyl (C=O) groups excluding carboxylic acids is 1. The van der Waals surface area contributed by atoms with Gasteiger partial charge in [0.05, 0.1) is 17.7 Å². The summed E-state index contributed by atoms with van der Waals surface area (Å²) < 4.78 is 24.5. The van der Waals surface area contributed by atoms with Crippen LogP contribution in [0.5, 0.6) is 5.75 Å². The molecule has 1 heterocycles. The minimum atomic E-state index is -0.726. The van der Waals surface area contributed by atoms with Crippen molar-refractivity contribution in [3.8, 4) is 5.75 Å². The predicted molar refractivity (Wildman–Crippen MR) is 102 cm³/mol. The quantitative estimate of drug-likeness (QED) is 0.795. The predicted octanol–water partition coefficient (Wildman–Crippen LogP) is 3.83. The fraction of sp³-hybridized carbons (Fsp3) is 0.316. The molecular formula is C19H20BrFN2O3. The second-order valence-electron chi connectivity index (χ2n) is 5.97. The highest BCUT2D eigenvalue weighted by Crippen LogP contribution is 2.26. The topological polar surface area (TPSA) is 50.8 Å². The summed E-state index contributed by atoms with van der Waals surface area (Å²) in [6.45, 7) is 4.83. The molecule has 2 aromatic rings. The van der Waals surface area contributed by atoms with E-state index in [-0.39, 0.29) is 11.7 Å². The summed E-state index contributed by atoms with van der Waals surface area (Å²) in [6.07, 6.45) is -0.726. The van der Waals surface area contributed by atoms with E-state index < -0.39 is 6.10 Å². The zero-order valence-corrected chi connectivity index (χ0v) is 16.0. The van der Waals surface area contributed by atoms with Gasteiger partial charge in [0.2, 0.25) is 0 Å². The van der Waals surface area contributed by atoms with Crippen LogP contribution in [0.15, 0.2) is 46.9 Å². The van der Waals surface area contributed by atoms with Crippen molar-refractivity contribution in [2.24, 2.45) is 0 Å². The summed E-state index contributed by atoms with van der Waals surface area (Å²) >= 11 is 3.23. The lowest BCUT2D eigenvalue weighted by Gasteiger charge is -2.29. The Morgan fingerprint density at radius 3 is 2.58 bits per heavy atom. The molecular weight excluding hydrogens is 403 g/mol. The Labute approximate surface area is 160 Å². The Kier molecular flexibility index (Phi) is 6.11. The lowest BCUT2D eigenvalue weighted by molar-refractivity contribution is -0.122. The van der Waals surface area contributed by atoms with E-state index in [1.165, 1.54) is 18.2 Å². The van der Waals surface area contributed by atoms with Crippen LogP contribution in [-0.4, -0.2) is 38.3 Å². The van der Waals surface area contributed by atoms with Gasteiger partial charge in [-0.25, -0.2) is 4.39 Å². The van der Waals surface area contributed by atoms with Crippen molar-refractivity contribution in [2.45, 2.75) is 13.0 Å². The maximum Gasteiger partial charge on any atom is 0.265 e. The van der Waals surface area contributed by atoms with Crippen LogP contribution in [0.3, 0.4) is 0 Å². The molecule has 7 heteroatoms. The maximum absolute atomic E-state index is 13.1. The average molecular weight is 423 g/mol. The van der Waals surface area contributed by atoms with E-state index in [0.29, 0.717) is 15.9 Å². The molecule has 0 spiro atoms. The zero-order chi connectivity index (χ0) is 18.5. The van der Waals surface area contributed by atoms with Gasteiger partial charge in [-0.1, -0.05) is 0 Å². The third kappa shape index (κ3) is 4.74. The third-order valence-electron chi connectivity index (χ3n) is 4.08. The first-order valence-electron chi connectivity index (χ1n) is 8.38. The van der Waals surface area contributed by atoms with Crippen molar-refractivity contribution < 1.29 is 18.7 Å². The first-order valence-corrected chi connectivity index (χ1v) is 9.17. The van der Waals surface area contributed by atoms with Gasteiger partial charge < -0.3 is 19.7 Å². The van der Waals surface area contributed by atoms with Crippen LogP contribution in [0.1, 0.15) is 6.92 Å². The highest BCUT2D eigenvalue weighted by atomic mass is 79.9. The second kappa shape index (κ2) is 8.51. The molecule has 1 atom stereocenters. The van der Waals surface area contributed by atoms with Gasteiger partial charge in [-0.15, -0.1) is 0 Å². The van der Waals surface area contributed by atoms with Crippen molar-refractivity contribution >= 4 is 33.2 Å². The van der Waals surface area contributed by atoms with Crippen molar-refractivity contribution in [3.05, 3.63) is 52.8 Å². The number of carbonyl (C=O) groups is 1. The van der Waals surface area contributed by atoms with Crippen LogP contribution in [0.2, 0.25) is 0 Å². The monoisotopic (exact) mass is 422 g/mol. The normalized spacial score (nSPS) is 15.4. The smallest absolute Gasteiger partial charge is 0.265 e. The molecule has 1 amide bonds. The number of amides is 1. The van der Waals surface area contributed by atoms with Gasteiger partial charge in [0.15, 0.2) is 6.10 Å². The van der Waals surface area contributed by atoms with E-state index >= 15 is 0 Å². The highest BCUT2D eigenvalue weighted by molar-refractivity contribution is 9.10. The van der Waals surface area contributed by atoms with Crippen molar-refractivity contribution in [1.82, 2.24) is 0 Å². The summed E-state index contributed by atoms with van der Waals surface area (Å²) in [4.78, 5) is 14.6. The first-order chi connectivity index (χ1) is 12.5. The zero-order valence-electron chi connectivity index (χ0n) is 14.4. The fourth-order valence-electron chi connectivity index (χ4n) is 2.64. The molecule has 1 aliphatic rings. The first kappa shape index (κ1) is 18.7. The Balaban J connectivity index is 1.58. The van der Waals surface area contributed by atoms with E-state index in [1.54, 1.807) is 6.92 Å². The Morgan fingerprint density at radius 2 is 1.92 bits per heavy atom. The standard InChI is InChI=1S/C19H20BrFN2O3/c1-13(26-18-7-2-14(21)12-17(18)20)19(24)22-15-3-5-16(6-4-15)23-8-10-25-11-9-23/h2-7,12-13H,8-11H2,1H3,(H,22,24)/t13-/m0/s1. The number of nitrogens with zero attached hydrogens (tertiary/aromatic N) is 1. The van der Waals surface area contributed by atoms with E-state index in [0.717, 1.165) is 32.0 Å². The molecule has 0 bridgehead atoms. The van der Waals surface area contributed by atoms with Gasteiger partial charge >= 0.3 is 0 Å². The molecule has 0 saturated carbocycles. The molecule has 1 N–H and O–H groups in total. The number of hydrogen-bond donors (Lipinski definition) is 1. The molecule has 0 radical (unpaired) electrons. The van der Waals surface area contributed by atoms with Crippen LogP contribution >= 0.6 is 15.9 Å². The summed E-state index contributed by atoms with van der Waals surface area (Å²) in [6, 6.07) is 11.7. The largest absolute Gasteiger partial charge is 0.480 e. The molecule has 0 unspecified atom stereocenters. The lowest BCUT2D eigenvalue weighted by atomic mass is 10.2. The van der Waals surface area contributed by atoms with E-state index in [9.17, 15) is 9.18 Å². The van der Waals surface area contributed by atoms with E-state index in [4.69, 9.17) is 9.47 Å². The molecule has 26 heavy (non-hydrogen) atoms. The van der Waals surface area contributed by atoms with Gasteiger partial charge in [-0.2, -0.15) is 0 Å². The van der Waals surface area contributed by atoms with Crippen molar-refractivity contribution in [3.63, 3.8) is 0 Å². The SMILES string of the molecule is C[C@H](Oc1ccc(F)cc1Br)C(=O)Nc1ccc(N2CCOCC2)cc1. The molecule has 138 valence electrons. The van der Waals surface area contributed by atoms with Crippen molar-refractivity contribution in [2.75, 3.05) is 36.5 Å². The van der Waals surface area contributed by atoms with Crippen LogP contribution < -0.4 is 15.0 Å². The number of nitrogens with one attached hydrogen (secondary N) is 1.